The fourth-order valence-corrected chi connectivity index (χ4v) is 1.92. The van der Waals surface area contributed by atoms with E-state index < -0.39 is 18.0 Å². The number of nitrogens with zero attached hydrogens (tertiary/aromatic N) is 1. The smallest absolute Gasteiger partial charge is 0.330 e. The lowest BCUT2D eigenvalue weighted by atomic mass is 10.1. The number of hydrogen-bond acceptors (Lipinski definition) is 4. The minimum atomic E-state index is -1.10. The number of benzene rings is 1. The van der Waals surface area contributed by atoms with Crippen LogP contribution in [0, 0.1) is 0 Å². The normalized spacial score (nSPS) is 17.2. The predicted molar refractivity (Wildman–Crippen MR) is 70.9 cm³/mol. The molecule has 1 aromatic rings. The molecule has 1 fully saturated rings. The molecule has 2 rings (SSSR count). The Bertz CT molecular complexity index is 460. The number of carbonyl (C=O) groups excluding carboxylic acids is 1. The first kappa shape index (κ1) is 14.3. The number of urea groups is 1. The van der Waals surface area contributed by atoms with Crippen molar-refractivity contribution in [3.05, 3.63) is 35.9 Å². The van der Waals surface area contributed by atoms with E-state index in [0.717, 1.165) is 0 Å². The van der Waals surface area contributed by atoms with Crippen LogP contribution >= 0.6 is 0 Å². The third-order valence-electron chi connectivity index (χ3n) is 2.93. The van der Waals surface area contributed by atoms with Gasteiger partial charge in [0.05, 0.1) is 13.2 Å². The molecule has 3 N–H and O–H groups in total. The van der Waals surface area contributed by atoms with Gasteiger partial charge in [-0.1, -0.05) is 30.3 Å². The Morgan fingerprint density at radius 2 is 1.85 bits per heavy atom. The summed E-state index contributed by atoms with van der Waals surface area (Å²) in [5.41, 5.74) is 3.14. The van der Waals surface area contributed by atoms with Gasteiger partial charge in [-0.3, -0.25) is 5.43 Å². The summed E-state index contributed by atoms with van der Waals surface area (Å²) in [6.07, 6.45) is 0. The Morgan fingerprint density at radius 1 is 1.20 bits per heavy atom. The predicted octanol–water partition coefficient (Wildman–Crippen LogP) is 0.359. The highest BCUT2D eigenvalue weighted by atomic mass is 16.5. The molecule has 0 spiro atoms. The molecule has 1 aliphatic heterocycles. The van der Waals surface area contributed by atoms with Crippen LogP contribution in [0.15, 0.2) is 30.3 Å². The van der Waals surface area contributed by atoms with Gasteiger partial charge in [0.2, 0.25) is 0 Å². The zero-order valence-corrected chi connectivity index (χ0v) is 10.9. The lowest BCUT2D eigenvalue weighted by molar-refractivity contribution is -0.139. The molecule has 20 heavy (non-hydrogen) atoms. The second-order valence-corrected chi connectivity index (χ2v) is 4.37. The van der Waals surface area contributed by atoms with Gasteiger partial charge in [-0.15, -0.1) is 0 Å². The summed E-state index contributed by atoms with van der Waals surface area (Å²) in [4.78, 5) is 23.1. The summed E-state index contributed by atoms with van der Waals surface area (Å²) in [6.45, 7) is 2.25. The average molecular weight is 279 g/mol. The zero-order valence-electron chi connectivity index (χ0n) is 10.9. The second kappa shape index (κ2) is 6.88. The Kier molecular flexibility index (Phi) is 4.91. The van der Waals surface area contributed by atoms with Crippen LogP contribution in [0.25, 0.3) is 0 Å². The molecule has 0 aromatic heterocycles. The zero-order chi connectivity index (χ0) is 14.4. The molecule has 0 unspecified atom stereocenters. The monoisotopic (exact) mass is 279 g/mol. The topological polar surface area (TPSA) is 90.9 Å². The first-order valence-corrected chi connectivity index (χ1v) is 6.34. The van der Waals surface area contributed by atoms with Crippen LogP contribution in [0.4, 0.5) is 4.79 Å². The highest BCUT2D eigenvalue weighted by Gasteiger charge is 2.23. The highest BCUT2D eigenvalue weighted by Crippen LogP contribution is 2.12. The van der Waals surface area contributed by atoms with Gasteiger partial charge in [0.1, 0.15) is 0 Å². The summed E-state index contributed by atoms with van der Waals surface area (Å²) in [5, 5.41) is 13.4. The van der Waals surface area contributed by atoms with Crippen LogP contribution < -0.4 is 10.7 Å². The molecule has 1 saturated heterocycles. The standard InChI is InChI=1S/C13H17N3O4/c17-12(18)11(10-4-2-1-3-5-10)14-13(19)15-16-6-8-20-9-7-16/h1-5,11H,6-9H2,(H,17,18)(H2,14,15,19)/t11-/m0/s1. The van der Waals surface area contributed by atoms with E-state index in [4.69, 9.17) is 4.74 Å². The van der Waals surface area contributed by atoms with E-state index in [1.807, 2.05) is 0 Å². The number of aliphatic carboxylic acids is 1. The summed E-state index contributed by atoms with van der Waals surface area (Å²) < 4.78 is 5.16. The van der Waals surface area contributed by atoms with Crippen molar-refractivity contribution in [1.29, 1.82) is 0 Å². The molecule has 0 radical (unpaired) electrons. The fourth-order valence-electron chi connectivity index (χ4n) is 1.92. The maximum atomic E-state index is 11.8. The van der Waals surface area contributed by atoms with Crippen LogP contribution in [-0.4, -0.2) is 48.4 Å². The minimum Gasteiger partial charge on any atom is -0.479 e. The Balaban J connectivity index is 1.94. The largest absolute Gasteiger partial charge is 0.479 e. The van der Waals surface area contributed by atoms with E-state index in [2.05, 4.69) is 10.7 Å². The molecule has 1 aromatic carbocycles. The number of hydrogen-bond donors (Lipinski definition) is 3. The number of morpholine rings is 1. The first-order valence-electron chi connectivity index (χ1n) is 6.34. The van der Waals surface area contributed by atoms with Crippen molar-refractivity contribution in [2.24, 2.45) is 0 Å². The average Bonchev–Trinajstić information content (AvgIpc) is 2.46. The first-order chi connectivity index (χ1) is 9.66. The minimum absolute atomic E-state index is 0.525. The van der Waals surface area contributed by atoms with Crippen LogP contribution in [0.1, 0.15) is 11.6 Å². The van der Waals surface area contributed by atoms with Crippen molar-refractivity contribution in [2.45, 2.75) is 6.04 Å². The maximum Gasteiger partial charge on any atom is 0.330 e. The van der Waals surface area contributed by atoms with Gasteiger partial charge in [0.25, 0.3) is 0 Å². The molecule has 1 aliphatic rings. The molecular formula is C13H17N3O4. The van der Waals surface area contributed by atoms with Gasteiger partial charge in [-0.2, -0.15) is 0 Å². The molecule has 7 nitrogen and oxygen atoms in total. The highest BCUT2D eigenvalue weighted by molar-refractivity contribution is 5.83. The molecule has 1 heterocycles. The van der Waals surface area contributed by atoms with Crippen molar-refractivity contribution < 1.29 is 19.4 Å². The SMILES string of the molecule is O=C(N[C@H](C(=O)O)c1ccccc1)NN1CCOCC1. The van der Waals surface area contributed by atoms with Gasteiger partial charge >= 0.3 is 12.0 Å². The number of nitrogens with one attached hydrogen (secondary N) is 2. The maximum absolute atomic E-state index is 11.8. The van der Waals surface area contributed by atoms with Gasteiger partial charge in [0, 0.05) is 13.1 Å². The lowest BCUT2D eigenvalue weighted by Gasteiger charge is -2.27. The summed E-state index contributed by atoms with van der Waals surface area (Å²) in [6, 6.07) is 6.96. The third-order valence-corrected chi connectivity index (χ3v) is 2.93. The molecule has 0 aliphatic carbocycles. The van der Waals surface area contributed by atoms with E-state index in [1.54, 1.807) is 35.3 Å². The lowest BCUT2D eigenvalue weighted by Crippen LogP contribution is -2.52. The number of carboxylic acids is 1. The number of carboxylic acid groups (broad SMARTS) is 1. The van der Waals surface area contributed by atoms with Crippen molar-refractivity contribution in [2.75, 3.05) is 26.3 Å². The number of rotatable bonds is 4. The number of hydrazine groups is 1. The molecule has 2 amide bonds. The molecule has 0 bridgehead atoms. The van der Waals surface area contributed by atoms with E-state index in [0.29, 0.717) is 31.9 Å². The van der Waals surface area contributed by atoms with E-state index in [-0.39, 0.29) is 0 Å². The van der Waals surface area contributed by atoms with Gasteiger partial charge in [-0.05, 0) is 5.56 Å². The van der Waals surface area contributed by atoms with Crippen molar-refractivity contribution in [3.8, 4) is 0 Å². The van der Waals surface area contributed by atoms with Crippen LogP contribution in [-0.2, 0) is 9.53 Å². The van der Waals surface area contributed by atoms with Crippen molar-refractivity contribution >= 4 is 12.0 Å². The quantitative estimate of drug-likeness (QED) is 0.740. The summed E-state index contributed by atoms with van der Waals surface area (Å²) in [5.74, 6) is -1.10. The Hall–Kier alpha value is -2.12. The Morgan fingerprint density at radius 3 is 2.45 bits per heavy atom. The van der Waals surface area contributed by atoms with Gasteiger partial charge in [0.15, 0.2) is 6.04 Å². The number of ether oxygens (including phenoxy) is 1. The summed E-state index contributed by atoms with van der Waals surface area (Å²) >= 11 is 0. The van der Waals surface area contributed by atoms with Gasteiger partial charge < -0.3 is 15.2 Å². The fraction of sp³-hybridized carbons (Fsp3) is 0.385. The van der Waals surface area contributed by atoms with Gasteiger partial charge in [-0.25, -0.2) is 14.6 Å². The van der Waals surface area contributed by atoms with E-state index >= 15 is 0 Å². The van der Waals surface area contributed by atoms with E-state index in [9.17, 15) is 14.7 Å². The van der Waals surface area contributed by atoms with Crippen molar-refractivity contribution in [1.82, 2.24) is 15.8 Å². The van der Waals surface area contributed by atoms with E-state index in [1.165, 1.54) is 0 Å². The van der Waals surface area contributed by atoms with Crippen LogP contribution in [0.5, 0.6) is 0 Å². The Labute approximate surface area is 116 Å². The molecule has 0 saturated carbocycles. The second-order valence-electron chi connectivity index (χ2n) is 4.37. The third kappa shape index (κ3) is 3.94. The molecule has 108 valence electrons. The number of amides is 2. The van der Waals surface area contributed by atoms with Crippen molar-refractivity contribution in [3.63, 3.8) is 0 Å². The molecule has 7 heteroatoms. The van der Waals surface area contributed by atoms with Crippen LogP contribution in [0.2, 0.25) is 0 Å². The number of carbonyl (C=O) groups is 2. The van der Waals surface area contributed by atoms with Crippen LogP contribution in [0.3, 0.4) is 0 Å². The molecule has 1 atom stereocenters. The summed E-state index contributed by atoms with van der Waals surface area (Å²) in [7, 11) is 0. The molecular weight excluding hydrogens is 262 g/mol.